The number of aromatic hydroxyl groups is 1. The van der Waals surface area contributed by atoms with Gasteiger partial charge in [-0.15, -0.1) is 0 Å². The number of phenols is 1. The molecule has 1 aliphatic rings. The van der Waals surface area contributed by atoms with Crippen LogP contribution < -0.4 is 0 Å². The summed E-state index contributed by atoms with van der Waals surface area (Å²) in [6.07, 6.45) is 2.95. The van der Waals surface area contributed by atoms with Crippen LogP contribution in [-0.4, -0.2) is 36.4 Å². The third-order valence-corrected chi connectivity index (χ3v) is 5.87. The number of phenolic OH excluding ortho intramolecular Hbond substituents is 1. The van der Waals surface area contributed by atoms with E-state index in [0.717, 1.165) is 11.9 Å². The number of hydrogen-bond acceptors (Lipinski definition) is 4. The molecule has 6 nitrogen and oxygen atoms in total. The van der Waals surface area contributed by atoms with Gasteiger partial charge < -0.3 is 5.11 Å². The van der Waals surface area contributed by atoms with Crippen molar-refractivity contribution in [3.8, 4) is 5.75 Å². The molecule has 0 saturated heterocycles. The van der Waals surface area contributed by atoms with E-state index in [1.165, 1.54) is 4.31 Å². The molecule has 7 heteroatoms. The van der Waals surface area contributed by atoms with Gasteiger partial charge in [0.05, 0.1) is 10.6 Å². The molecule has 2 aromatic rings. The van der Waals surface area contributed by atoms with E-state index >= 15 is 0 Å². The van der Waals surface area contributed by atoms with Gasteiger partial charge in [0.25, 0.3) is 10.0 Å². The largest absolute Gasteiger partial charge is 0.508 e. The fraction of sp³-hybridized carbons (Fsp3) is 0.158. The Morgan fingerprint density at radius 2 is 2.00 bits per heavy atom. The lowest BCUT2D eigenvalue weighted by Crippen LogP contribution is -2.24. The Hall–Kier alpha value is -2.93. The first-order chi connectivity index (χ1) is 12.4. The van der Waals surface area contributed by atoms with Gasteiger partial charge in [-0.2, -0.15) is 0 Å². The SMILES string of the molecule is Cc1cccc(S(=O)(=O)N2C=C(C(=NC=N)c3cccc(O)c3)CC2)c1. The summed E-state index contributed by atoms with van der Waals surface area (Å²) >= 11 is 0. The molecular weight excluding hydrogens is 350 g/mol. The van der Waals surface area contributed by atoms with Gasteiger partial charge in [-0.1, -0.05) is 24.3 Å². The van der Waals surface area contributed by atoms with Crippen LogP contribution in [0.1, 0.15) is 17.5 Å². The first-order valence-corrected chi connectivity index (χ1v) is 9.51. The first kappa shape index (κ1) is 17.9. The second kappa shape index (κ2) is 7.13. The van der Waals surface area contributed by atoms with Gasteiger partial charge >= 0.3 is 0 Å². The van der Waals surface area contributed by atoms with Crippen molar-refractivity contribution in [2.45, 2.75) is 18.2 Å². The molecule has 0 unspecified atom stereocenters. The summed E-state index contributed by atoms with van der Waals surface area (Å²) in [5.74, 6) is 0.0861. The normalized spacial score (nSPS) is 15.0. The third-order valence-electron chi connectivity index (χ3n) is 4.11. The summed E-state index contributed by atoms with van der Waals surface area (Å²) in [6, 6.07) is 13.3. The highest BCUT2D eigenvalue weighted by Crippen LogP contribution is 2.27. The minimum atomic E-state index is -3.64. The van der Waals surface area contributed by atoms with Crippen molar-refractivity contribution in [2.24, 2.45) is 4.99 Å². The molecule has 2 N–H and O–H groups in total. The Morgan fingerprint density at radius 3 is 2.69 bits per heavy atom. The highest BCUT2D eigenvalue weighted by Gasteiger charge is 2.28. The van der Waals surface area contributed by atoms with Crippen LogP contribution in [0, 0.1) is 12.3 Å². The number of aryl methyl sites for hydroxylation is 1. The molecule has 3 rings (SSSR count). The number of benzene rings is 2. The van der Waals surface area contributed by atoms with E-state index in [9.17, 15) is 13.5 Å². The molecule has 0 atom stereocenters. The van der Waals surface area contributed by atoms with Crippen molar-refractivity contribution >= 4 is 22.1 Å². The van der Waals surface area contributed by atoms with Gasteiger partial charge in [-0.25, -0.2) is 13.4 Å². The van der Waals surface area contributed by atoms with Crippen molar-refractivity contribution < 1.29 is 13.5 Å². The second-order valence-electron chi connectivity index (χ2n) is 5.99. The van der Waals surface area contributed by atoms with E-state index < -0.39 is 10.0 Å². The van der Waals surface area contributed by atoms with Crippen LogP contribution in [0.4, 0.5) is 0 Å². The lowest BCUT2D eigenvalue weighted by atomic mass is 10.0. The maximum atomic E-state index is 12.9. The van der Waals surface area contributed by atoms with Crippen molar-refractivity contribution in [1.82, 2.24) is 4.31 Å². The lowest BCUT2D eigenvalue weighted by molar-refractivity contribution is 0.475. The lowest BCUT2D eigenvalue weighted by Gasteiger charge is -2.16. The molecule has 0 amide bonds. The summed E-state index contributed by atoms with van der Waals surface area (Å²) in [4.78, 5) is 4.33. The van der Waals surface area contributed by atoms with Crippen molar-refractivity contribution in [2.75, 3.05) is 6.54 Å². The molecule has 0 radical (unpaired) electrons. The Labute approximate surface area is 152 Å². The zero-order valence-electron chi connectivity index (χ0n) is 14.3. The molecule has 0 bridgehead atoms. The van der Waals surface area contributed by atoms with E-state index in [1.807, 2.05) is 13.0 Å². The fourth-order valence-corrected chi connectivity index (χ4v) is 4.33. The topological polar surface area (TPSA) is 93.8 Å². The monoisotopic (exact) mass is 369 g/mol. The molecule has 0 fully saturated rings. The van der Waals surface area contributed by atoms with E-state index in [0.29, 0.717) is 29.8 Å². The third kappa shape index (κ3) is 3.52. The molecule has 0 aliphatic carbocycles. The zero-order valence-corrected chi connectivity index (χ0v) is 15.1. The van der Waals surface area contributed by atoms with Crippen LogP contribution in [-0.2, 0) is 10.0 Å². The molecule has 134 valence electrons. The van der Waals surface area contributed by atoms with E-state index in [4.69, 9.17) is 5.41 Å². The molecule has 2 aromatic carbocycles. The number of aliphatic imine (C=N–C) groups is 1. The van der Waals surface area contributed by atoms with Crippen LogP contribution in [0.3, 0.4) is 0 Å². The summed E-state index contributed by atoms with van der Waals surface area (Å²) in [5, 5.41) is 17.0. The van der Waals surface area contributed by atoms with Crippen LogP contribution >= 0.6 is 0 Å². The fourth-order valence-electron chi connectivity index (χ4n) is 2.87. The molecule has 1 aliphatic heterocycles. The Kier molecular flexibility index (Phi) is 4.90. The average Bonchev–Trinajstić information content (AvgIpc) is 3.10. The molecule has 0 saturated carbocycles. The van der Waals surface area contributed by atoms with Gasteiger partial charge in [0.15, 0.2) is 0 Å². The van der Waals surface area contributed by atoms with Gasteiger partial charge in [-0.05, 0) is 48.7 Å². The molecule has 0 spiro atoms. The van der Waals surface area contributed by atoms with Crippen LogP contribution in [0.5, 0.6) is 5.75 Å². The summed E-state index contributed by atoms with van der Waals surface area (Å²) in [7, 11) is -3.64. The predicted molar refractivity (Wildman–Crippen MR) is 101 cm³/mol. The second-order valence-corrected chi connectivity index (χ2v) is 7.88. The van der Waals surface area contributed by atoms with Crippen LogP contribution in [0.25, 0.3) is 0 Å². The number of nitrogens with zero attached hydrogens (tertiary/aromatic N) is 2. The van der Waals surface area contributed by atoms with Crippen molar-refractivity contribution in [3.63, 3.8) is 0 Å². The summed E-state index contributed by atoms with van der Waals surface area (Å²) in [5.41, 5.74) is 2.70. The highest BCUT2D eigenvalue weighted by atomic mass is 32.2. The number of hydrogen-bond donors (Lipinski definition) is 2. The number of sulfonamides is 1. The van der Waals surface area contributed by atoms with Crippen LogP contribution in [0.2, 0.25) is 0 Å². The highest BCUT2D eigenvalue weighted by molar-refractivity contribution is 7.89. The van der Waals surface area contributed by atoms with E-state index in [1.54, 1.807) is 48.7 Å². The Bertz CT molecular complexity index is 1010. The van der Waals surface area contributed by atoms with Gasteiger partial charge in [-0.3, -0.25) is 9.71 Å². The standard InChI is InChI=1S/C19H19N3O3S/c1-14-4-2-7-18(10-14)26(24,25)22-9-8-16(12-22)19(21-13-20)15-5-3-6-17(23)11-15/h2-7,10-13,20,23H,8-9H2,1H3. The number of nitrogens with one attached hydrogen (secondary N) is 1. The zero-order chi connectivity index (χ0) is 18.7. The van der Waals surface area contributed by atoms with Crippen molar-refractivity contribution in [3.05, 3.63) is 71.4 Å². The minimum absolute atomic E-state index is 0.0861. The summed E-state index contributed by atoms with van der Waals surface area (Å²) < 4.78 is 27.0. The minimum Gasteiger partial charge on any atom is -0.508 e. The van der Waals surface area contributed by atoms with Gasteiger partial charge in [0.2, 0.25) is 0 Å². The van der Waals surface area contributed by atoms with E-state index in [2.05, 4.69) is 4.99 Å². The predicted octanol–water partition coefficient (Wildman–Crippen LogP) is 3.08. The molecule has 26 heavy (non-hydrogen) atoms. The van der Waals surface area contributed by atoms with Crippen molar-refractivity contribution in [1.29, 1.82) is 5.41 Å². The molecular formula is C19H19N3O3S. The quantitative estimate of drug-likeness (QED) is 0.626. The maximum Gasteiger partial charge on any atom is 0.263 e. The summed E-state index contributed by atoms with van der Waals surface area (Å²) in [6.45, 7) is 2.16. The first-order valence-electron chi connectivity index (χ1n) is 8.07. The maximum absolute atomic E-state index is 12.9. The smallest absolute Gasteiger partial charge is 0.263 e. The van der Waals surface area contributed by atoms with Gasteiger partial charge in [0.1, 0.15) is 12.1 Å². The van der Waals surface area contributed by atoms with Gasteiger partial charge in [0, 0.05) is 18.3 Å². The Balaban J connectivity index is 1.97. The molecule has 1 heterocycles. The molecule has 0 aromatic heterocycles. The Morgan fingerprint density at radius 1 is 1.23 bits per heavy atom. The van der Waals surface area contributed by atoms with Crippen LogP contribution in [0.15, 0.2) is 70.2 Å². The average molecular weight is 369 g/mol. The van der Waals surface area contributed by atoms with E-state index in [-0.39, 0.29) is 10.6 Å². The number of rotatable bonds is 5.